The predicted octanol–water partition coefficient (Wildman–Crippen LogP) is 2.77. The van der Waals surface area contributed by atoms with Crippen molar-refractivity contribution < 1.29 is 43.1 Å². The van der Waals surface area contributed by atoms with Gasteiger partial charge in [-0.05, 0) is 84.0 Å². The van der Waals surface area contributed by atoms with Crippen LogP contribution in [0.15, 0.2) is 0 Å². The molecule has 0 aromatic heterocycles. The van der Waals surface area contributed by atoms with Gasteiger partial charge in [0, 0.05) is 48.8 Å². The molecule has 3 rings (SSSR count). The number of carbonyl (C=O) groups is 8. The molecule has 0 aromatic carbocycles. The number of nitrogens with zero attached hydrogens (tertiary/aromatic N) is 6. The molecule has 0 radical (unpaired) electrons. The summed E-state index contributed by atoms with van der Waals surface area (Å²) in [4.78, 5) is 120. The lowest BCUT2D eigenvalue weighted by Gasteiger charge is -2.43. The molecule has 17 nitrogen and oxygen atoms in total. The quantitative estimate of drug-likeness (QED) is 0.182. The minimum absolute atomic E-state index is 0.0714. The molecule has 7 amide bonds. The first-order valence-electron chi connectivity index (χ1n) is 23.1. The van der Waals surface area contributed by atoms with Gasteiger partial charge in [0.05, 0.1) is 12.0 Å². The van der Waals surface area contributed by atoms with E-state index >= 15 is 0 Å². The van der Waals surface area contributed by atoms with Crippen LogP contribution in [0.1, 0.15) is 132 Å². The second kappa shape index (κ2) is 22.1. The van der Waals surface area contributed by atoms with Crippen molar-refractivity contribution in [1.82, 2.24) is 34.7 Å². The highest BCUT2D eigenvalue weighted by Crippen LogP contribution is 2.35. The van der Waals surface area contributed by atoms with E-state index in [4.69, 9.17) is 10.5 Å². The molecule has 358 valence electrons. The van der Waals surface area contributed by atoms with Crippen LogP contribution in [-0.2, 0) is 43.1 Å². The first-order valence-corrected chi connectivity index (χ1v) is 23.1. The van der Waals surface area contributed by atoms with Crippen LogP contribution in [0.4, 0.5) is 0 Å². The molecule has 3 aliphatic rings. The summed E-state index contributed by atoms with van der Waals surface area (Å²) >= 11 is 0. The summed E-state index contributed by atoms with van der Waals surface area (Å²) < 4.78 is 5.51. The second-order valence-electron chi connectivity index (χ2n) is 20.2. The van der Waals surface area contributed by atoms with E-state index < -0.39 is 95.2 Å². The highest BCUT2D eigenvalue weighted by Gasteiger charge is 2.48. The number of hydrogen-bond acceptors (Lipinski definition) is 10. The molecule has 17 heteroatoms. The Morgan fingerprint density at radius 1 is 0.762 bits per heavy atom. The minimum Gasteiger partial charge on any atom is -0.458 e. The van der Waals surface area contributed by atoms with Gasteiger partial charge >= 0.3 is 5.97 Å². The molecule has 0 unspecified atom stereocenters. The minimum atomic E-state index is -1.25. The maximum absolute atomic E-state index is 14.6. The number of nitrogens with one attached hydrogen (secondary N) is 1. The van der Waals surface area contributed by atoms with Gasteiger partial charge in [-0.1, -0.05) is 59.8 Å². The fraction of sp³-hybridized carbons (Fsp3) is 0.826. The first-order chi connectivity index (χ1) is 29.2. The molecule has 3 N–H and O–H groups in total. The third-order valence-corrected chi connectivity index (χ3v) is 13.6. The lowest BCUT2D eigenvalue weighted by molar-refractivity contribution is -0.172. The average Bonchev–Trinajstić information content (AvgIpc) is 3.90. The Labute approximate surface area is 376 Å². The van der Waals surface area contributed by atoms with Crippen molar-refractivity contribution >= 4 is 47.3 Å². The number of amides is 7. The van der Waals surface area contributed by atoms with E-state index in [2.05, 4.69) is 5.32 Å². The van der Waals surface area contributed by atoms with Crippen molar-refractivity contribution in [1.29, 1.82) is 0 Å². The molecular weight excluding hydrogens is 809 g/mol. The fourth-order valence-corrected chi connectivity index (χ4v) is 9.09. The Morgan fingerprint density at radius 3 is 1.81 bits per heavy atom. The predicted molar refractivity (Wildman–Crippen MR) is 239 cm³/mol. The maximum Gasteiger partial charge on any atom is 0.329 e. The van der Waals surface area contributed by atoms with E-state index in [1.807, 2.05) is 27.7 Å². The van der Waals surface area contributed by atoms with Gasteiger partial charge in [-0.25, -0.2) is 4.79 Å². The molecular formula is C46H80N8O9. The number of likely N-dealkylation sites (tertiary alicyclic amines) is 1. The van der Waals surface area contributed by atoms with Crippen LogP contribution in [0, 0.1) is 17.8 Å². The van der Waals surface area contributed by atoms with Crippen LogP contribution in [0.2, 0.25) is 0 Å². The van der Waals surface area contributed by atoms with E-state index in [0.29, 0.717) is 32.2 Å². The van der Waals surface area contributed by atoms with Gasteiger partial charge < -0.3 is 45.2 Å². The number of hydrogen-bond donors (Lipinski definition) is 2. The van der Waals surface area contributed by atoms with Crippen molar-refractivity contribution in [3.8, 4) is 0 Å². The van der Waals surface area contributed by atoms with Crippen molar-refractivity contribution in [2.45, 2.75) is 180 Å². The molecule has 1 aliphatic heterocycles. The summed E-state index contributed by atoms with van der Waals surface area (Å²) in [6.07, 6.45) is 6.73. The molecule has 1 heterocycles. The van der Waals surface area contributed by atoms with Gasteiger partial charge in [0.15, 0.2) is 0 Å². The Morgan fingerprint density at radius 2 is 1.33 bits per heavy atom. The van der Waals surface area contributed by atoms with Crippen LogP contribution in [-0.4, -0.2) is 173 Å². The Balaban J connectivity index is 1.86. The molecule has 2 saturated carbocycles. The van der Waals surface area contributed by atoms with Crippen molar-refractivity contribution in [2.75, 3.05) is 48.8 Å². The third-order valence-electron chi connectivity index (χ3n) is 13.6. The molecule has 63 heavy (non-hydrogen) atoms. The smallest absolute Gasteiger partial charge is 0.329 e. The zero-order valence-corrected chi connectivity index (χ0v) is 40.8. The Bertz CT molecular complexity index is 1670. The lowest BCUT2D eigenvalue weighted by Crippen LogP contribution is -2.63. The van der Waals surface area contributed by atoms with E-state index in [9.17, 15) is 38.4 Å². The molecule has 3 fully saturated rings. The molecule has 0 spiro atoms. The molecule has 2 aliphatic carbocycles. The lowest BCUT2D eigenvalue weighted by atomic mass is 9.91. The monoisotopic (exact) mass is 889 g/mol. The summed E-state index contributed by atoms with van der Waals surface area (Å²) in [5, 5.41) is 2.91. The topological polar surface area (TPSA) is 203 Å². The van der Waals surface area contributed by atoms with Crippen molar-refractivity contribution in [3.05, 3.63) is 0 Å². The number of nitrogens with two attached hydrogens (primary N) is 1. The summed E-state index contributed by atoms with van der Waals surface area (Å²) in [7, 11) is 9.15. The normalized spacial score (nSPS) is 20.3. The second-order valence-corrected chi connectivity index (χ2v) is 20.2. The zero-order valence-electron chi connectivity index (χ0n) is 40.8. The van der Waals surface area contributed by atoms with E-state index in [0.717, 1.165) is 38.5 Å². The van der Waals surface area contributed by atoms with Gasteiger partial charge in [0.25, 0.3) is 0 Å². The van der Waals surface area contributed by atoms with Crippen LogP contribution >= 0.6 is 0 Å². The van der Waals surface area contributed by atoms with E-state index in [-0.39, 0.29) is 30.1 Å². The first kappa shape index (κ1) is 53.1. The Hall–Kier alpha value is -4.28. The van der Waals surface area contributed by atoms with Crippen molar-refractivity contribution in [2.24, 2.45) is 23.5 Å². The van der Waals surface area contributed by atoms with E-state index in [1.165, 1.54) is 50.5 Å². The van der Waals surface area contributed by atoms with Gasteiger partial charge in [-0.15, -0.1) is 0 Å². The highest BCUT2D eigenvalue weighted by molar-refractivity contribution is 5.98. The number of likely N-dealkylation sites (N-methyl/N-ethyl adjacent to an activating group) is 5. The molecule has 0 aromatic rings. The standard InChI is InChI=1S/C46H80N8O9/c1-15-29(4)36(41(59)50(11)30(5)39(57)54-25-22-32(54)43(61)63-45(6,7)8)48-38(56)33(26-28(2)3)51(12)35(55)27-34(40(58)49(9)10)52(13)42(60)37(31-20-16-17-21-31)53(14)44(62)46(47)23-18-19-24-46/h28-34,36-37H,15-27,47H2,1-14H3,(H,48,56)/t29-,30-,32-,33-,34-,36-,37-/m0/s1. The summed E-state index contributed by atoms with van der Waals surface area (Å²) in [5.41, 5.74) is 4.81. The number of esters is 1. The van der Waals surface area contributed by atoms with Gasteiger partial charge in [-0.3, -0.25) is 33.6 Å². The average molecular weight is 889 g/mol. The zero-order chi connectivity index (χ0) is 47.9. The highest BCUT2D eigenvalue weighted by atomic mass is 16.6. The summed E-state index contributed by atoms with van der Waals surface area (Å²) in [5.74, 6) is -4.39. The van der Waals surface area contributed by atoms with Crippen LogP contribution in [0.5, 0.6) is 0 Å². The largest absolute Gasteiger partial charge is 0.458 e. The molecule has 7 atom stereocenters. The third kappa shape index (κ3) is 12.9. The maximum atomic E-state index is 14.6. The van der Waals surface area contributed by atoms with Crippen LogP contribution in [0.3, 0.4) is 0 Å². The number of ether oxygens (including phenoxy) is 1. The molecule has 0 bridgehead atoms. The van der Waals surface area contributed by atoms with E-state index in [1.54, 1.807) is 48.8 Å². The van der Waals surface area contributed by atoms with Gasteiger partial charge in [0.1, 0.15) is 41.9 Å². The van der Waals surface area contributed by atoms with Gasteiger partial charge in [-0.2, -0.15) is 0 Å². The fourth-order valence-electron chi connectivity index (χ4n) is 9.09. The molecule has 1 saturated heterocycles. The van der Waals surface area contributed by atoms with Gasteiger partial charge in [0.2, 0.25) is 41.4 Å². The number of carbonyl (C=O) groups excluding carboxylic acids is 8. The van der Waals surface area contributed by atoms with Crippen LogP contribution in [0.25, 0.3) is 0 Å². The van der Waals surface area contributed by atoms with Crippen LogP contribution < -0.4 is 11.1 Å². The SMILES string of the molecule is CC[C@H](C)[C@H](NC(=O)[C@H](CC(C)C)N(C)C(=O)C[C@@H](C(=O)N(C)C)N(C)C(=O)[C@H](C1CCCC1)N(C)C(=O)C1(N)CCCC1)C(=O)N(C)[C@@H](C)C(=O)N1CC[C@H]1C(=O)OC(C)(C)C. The number of rotatable bonds is 19. The Kier molecular flexibility index (Phi) is 18.6. The summed E-state index contributed by atoms with van der Waals surface area (Å²) in [6, 6.07) is -5.95. The van der Waals surface area contributed by atoms with Crippen molar-refractivity contribution in [3.63, 3.8) is 0 Å². The summed E-state index contributed by atoms with van der Waals surface area (Å²) in [6.45, 7) is 14.7.